The van der Waals surface area contributed by atoms with Crippen molar-refractivity contribution in [2.45, 2.75) is 27.3 Å². The van der Waals surface area contributed by atoms with E-state index >= 15 is 0 Å². The maximum Gasteiger partial charge on any atom is 0.0844 e. The van der Waals surface area contributed by atoms with Crippen molar-refractivity contribution in [2.75, 3.05) is 6.54 Å². The number of rotatable bonds is 4. The molecule has 0 bridgehead atoms. The highest BCUT2D eigenvalue weighted by Gasteiger charge is 2.05. The van der Waals surface area contributed by atoms with E-state index in [1.807, 2.05) is 0 Å². The van der Waals surface area contributed by atoms with Crippen molar-refractivity contribution in [3.63, 3.8) is 0 Å². The first kappa shape index (κ1) is 12.3. The van der Waals surface area contributed by atoms with Crippen LogP contribution in [0, 0.1) is 13.8 Å². The van der Waals surface area contributed by atoms with E-state index in [9.17, 15) is 0 Å². The minimum Gasteiger partial charge on any atom is -0.312 e. The van der Waals surface area contributed by atoms with E-state index in [0.29, 0.717) is 0 Å². The van der Waals surface area contributed by atoms with Gasteiger partial charge in [0.15, 0.2) is 0 Å². The molecule has 0 aliphatic heterocycles. The molecule has 0 saturated carbocycles. The largest absolute Gasteiger partial charge is 0.312 e. The third-order valence-electron chi connectivity index (χ3n) is 2.91. The zero-order chi connectivity index (χ0) is 12.3. The summed E-state index contributed by atoms with van der Waals surface area (Å²) in [5.41, 5.74) is 4.96. The van der Waals surface area contributed by atoms with Crippen molar-refractivity contribution in [3.05, 3.63) is 40.3 Å². The highest BCUT2D eigenvalue weighted by Crippen LogP contribution is 2.23. The Kier molecular flexibility index (Phi) is 3.92. The topological polar surface area (TPSA) is 24.9 Å². The lowest BCUT2D eigenvalue weighted by Gasteiger charge is -2.02. The fourth-order valence-corrected chi connectivity index (χ4v) is 2.39. The van der Waals surface area contributed by atoms with Crippen molar-refractivity contribution in [3.8, 4) is 11.3 Å². The van der Waals surface area contributed by atoms with Gasteiger partial charge in [0.1, 0.15) is 0 Å². The molecule has 1 aromatic carbocycles. The molecule has 0 atom stereocenters. The fourth-order valence-electron chi connectivity index (χ4n) is 1.68. The molecule has 2 aromatic rings. The summed E-state index contributed by atoms with van der Waals surface area (Å²) in [6, 6.07) is 8.70. The molecular formula is C14H18N2S. The van der Waals surface area contributed by atoms with Gasteiger partial charge in [-0.2, -0.15) is 4.37 Å². The van der Waals surface area contributed by atoms with Crippen LogP contribution in [0.5, 0.6) is 0 Å². The van der Waals surface area contributed by atoms with E-state index in [1.165, 1.54) is 21.6 Å². The third kappa shape index (κ3) is 2.93. The normalized spacial score (nSPS) is 10.8. The van der Waals surface area contributed by atoms with Gasteiger partial charge < -0.3 is 5.32 Å². The molecule has 0 spiro atoms. The summed E-state index contributed by atoms with van der Waals surface area (Å²) in [5.74, 6) is 0. The second kappa shape index (κ2) is 5.43. The highest BCUT2D eigenvalue weighted by molar-refractivity contribution is 7.06. The lowest BCUT2D eigenvalue weighted by molar-refractivity contribution is 0.735. The molecule has 3 heteroatoms. The van der Waals surface area contributed by atoms with Crippen LogP contribution in [0.4, 0.5) is 0 Å². The van der Waals surface area contributed by atoms with Crippen LogP contribution in [-0.2, 0) is 6.54 Å². The molecule has 0 aliphatic rings. The minimum absolute atomic E-state index is 0.916. The third-order valence-corrected chi connectivity index (χ3v) is 3.70. The van der Waals surface area contributed by atoms with Crippen LogP contribution in [0.3, 0.4) is 0 Å². The predicted molar refractivity (Wildman–Crippen MR) is 74.4 cm³/mol. The Labute approximate surface area is 107 Å². The SMILES string of the molecule is CCNCc1cc(-c2ccc(C)c(C)c2)ns1. The molecule has 90 valence electrons. The van der Waals surface area contributed by atoms with Crippen molar-refractivity contribution >= 4 is 11.5 Å². The molecule has 0 saturated heterocycles. The smallest absolute Gasteiger partial charge is 0.0844 e. The Morgan fingerprint density at radius 3 is 2.71 bits per heavy atom. The summed E-state index contributed by atoms with van der Waals surface area (Å²) in [6.07, 6.45) is 0. The first-order valence-corrected chi connectivity index (χ1v) is 6.72. The molecule has 0 aliphatic carbocycles. The van der Waals surface area contributed by atoms with Crippen LogP contribution in [0.1, 0.15) is 22.9 Å². The summed E-state index contributed by atoms with van der Waals surface area (Å²) < 4.78 is 4.51. The van der Waals surface area contributed by atoms with Crippen molar-refractivity contribution in [2.24, 2.45) is 0 Å². The number of nitrogens with zero attached hydrogens (tertiary/aromatic N) is 1. The Balaban J connectivity index is 2.21. The second-order valence-electron chi connectivity index (χ2n) is 4.26. The standard InChI is InChI=1S/C14H18N2S/c1-4-15-9-13-8-14(16-17-13)12-6-5-10(2)11(3)7-12/h5-8,15H,4,9H2,1-3H3. The maximum atomic E-state index is 4.51. The van der Waals surface area contributed by atoms with E-state index in [1.54, 1.807) is 11.5 Å². The number of benzene rings is 1. The van der Waals surface area contributed by atoms with Crippen LogP contribution in [0.25, 0.3) is 11.3 Å². The number of hydrogen-bond donors (Lipinski definition) is 1. The van der Waals surface area contributed by atoms with Crippen LogP contribution in [0.15, 0.2) is 24.3 Å². The summed E-state index contributed by atoms with van der Waals surface area (Å²) in [4.78, 5) is 1.29. The molecule has 1 heterocycles. The van der Waals surface area contributed by atoms with Gasteiger partial charge in [-0.15, -0.1) is 0 Å². The summed E-state index contributed by atoms with van der Waals surface area (Å²) in [6.45, 7) is 8.31. The van der Waals surface area contributed by atoms with E-state index in [2.05, 4.69) is 54.7 Å². The zero-order valence-electron chi connectivity index (χ0n) is 10.6. The van der Waals surface area contributed by atoms with E-state index in [0.717, 1.165) is 18.8 Å². The van der Waals surface area contributed by atoms with Crippen LogP contribution in [0.2, 0.25) is 0 Å². The summed E-state index contributed by atoms with van der Waals surface area (Å²) in [7, 11) is 0. The van der Waals surface area contributed by atoms with Gasteiger partial charge in [0.2, 0.25) is 0 Å². The quantitative estimate of drug-likeness (QED) is 0.892. The molecule has 17 heavy (non-hydrogen) atoms. The molecular weight excluding hydrogens is 228 g/mol. The molecule has 0 unspecified atom stereocenters. The fraction of sp³-hybridized carbons (Fsp3) is 0.357. The van der Waals surface area contributed by atoms with Crippen molar-refractivity contribution in [1.29, 1.82) is 0 Å². The van der Waals surface area contributed by atoms with Crippen molar-refractivity contribution in [1.82, 2.24) is 9.69 Å². The molecule has 1 N–H and O–H groups in total. The first-order chi connectivity index (χ1) is 8.20. The molecule has 0 radical (unpaired) electrons. The van der Waals surface area contributed by atoms with Crippen molar-refractivity contribution < 1.29 is 0 Å². The summed E-state index contributed by atoms with van der Waals surface area (Å²) >= 11 is 1.58. The number of aromatic nitrogens is 1. The van der Waals surface area contributed by atoms with Gasteiger partial charge in [0.05, 0.1) is 5.69 Å². The maximum absolute atomic E-state index is 4.51. The Bertz CT molecular complexity index is 503. The van der Waals surface area contributed by atoms with Crippen LogP contribution >= 0.6 is 11.5 Å². The van der Waals surface area contributed by atoms with Gasteiger partial charge in [-0.05, 0) is 55.2 Å². The predicted octanol–water partition coefficient (Wildman–Crippen LogP) is 3.54. The zero-order valence-corrected chi connectivity index (χ0v) is 11.4. The van der Waals surface area contributed by atoms with Gasteiger partial charge in [-0.1, -0.05) is 19.1 Å². The highest BCUT2D eigenvalue weighted by atomic mass is 32.1. The Morgan fingerprint density at radius 2 is 2.00 bits per heavy atom. The molecule has 0 amide bonds. The van der Waals surface area contributed by atoms with E-state index < -0.39 is 0 Å². The first-order valence-electron chi connectivity index (χ1n) is 5.94. The lowest BCUT2D eigenvalue weighted by Crippen LogP contribution is -2.10. The Hall–Kier alpha value is -1.19. The van der Waals surface area contributed by atoms with Gasteiger partial charge >= 0.3 is 0 Å². The number of aryl methyl sites for hydroxylation is 2. The Morgan fingerprint density at radius 1 is 1.18 bits per heavy atom. The second-order valence-corrected chi connectivity index (χ2v) is 5.15. The minimum atomic E-state index is 0.916. The monoisotopic (exact) mass is 246 g/mol. The number of hydrogen-bond acceptors (Lipinski definition) is 3. The van der Waals surface area contributed by atoms with Crippen LogP contribution < -0.4 is 5.32 Å². The lowest BCUT2D eigenvalue weighted by atomic mass is 10.0. The average Bonchev–Trinajstić information content (AvgIpc) is 2.79. The van der Waals surface area contributed by atoms with Gasteiger partial charge in [-0.3, -0.25) is 0 Å². The molecule has 0 fully saturated rings. The van der Waals surface area contributed by atoms with E-state index in [-0.39, 0.29) is 0 Å². The average molecular weight is 246 g/mol. The van der Waals surface area contributed by atoms with Crippen LogP contribution in [-0.4, -0.2) is 10.9 Å². The van der Waals surface area contributed by atoms with Gasteiger partial charge in [0, 0.05) is 17.0 Å². The number of nitrogens with one attached hydrogen (secondary N) is 1. The molecule has 1 aromatic heterocycles. The molecule has 2 rings (SSSR count). The van der Waals surface area contributed by atoms with Gasteiger partial charge in [0.25, 0.3) is 0 Å². The molecule has 2 nitrogen and oxygen atoms in total. The van der Waals surface area contributed by atoms with Gasteiger partial charge in [-0.25, -0.2) is 0 Å². The van der Waals surface area contributed by atoms with E-state index in [4.69, 9.17) is 0 Å². The summed E-state index contributed by atoms with van der Waals surface area (Å²) in [5, 5.41) is 3.32.